The highest BCUT2D eigenvalue weighted by Crippen LogP contribution is 2.24. The van der Waals surface area contributed by atoms with Gasteiger partial charge >= 0.3 is 0 Å². The number of methoxy groups -OCH3 is 2. The standard InChI is InChI=1S/C26H27N3O7S/c1-33-12-13-35-22-5-3-4-19(16-22)17-29-18-21(8-11-24(29)30)25-27-26(36-28-25)20-6-9-23(10-7-20)37(31,32)15-14-34-2/h3-11,16,18H,12-15,17H2,1-2H3. The number of pyridine rings is 1. The summed E-state index contributed by atoms with van der Waals surface area (Å²) in [5, 5.41) is 4.04. The Hall–Kier alpha value is -3.80. The molecule has 0 amide bonds. The molecule has 0 radical (unpaired) electrons. The zero-order valence-electron chi connectivity index (χ0n) is 20.5. The lowest BCUT2D eigenvalue weighted by atomic mass is 10.2. The van der Waals surface area contributed by atoms with Gasteiger partial charge in [0.1, 0.15) is 12.4 Å². The minimum Gasteiger partial charge on any atom is -0.491 e. The molecule has 0 saturated carbocycles. The van der Waals surface area contributed by atoms with Gasteiger partial charge in [0, 0.05) is 37.6 Å². The number of hydrogen-bond donors (Lipinski definition) is 0. The summed E-state index contributed by atoms with van der Waals surface area (Å²) in [4.78, 5) is 17.1. The first-order chi connectivity index (χ1) is 17.9. The highest BCUT2D eigenvalue weighted by atomic mass is 32.2. The summed E-state index contributed by atoms with van der Waals surface area (Å²) < 4.78 is 47.1. The Bertz CT molecular complexity index is 1500. The molecule has 194 valence electrons. The molecule has 0 aliphatic carbocycles. The first-order valence-electron chi connectivity index (χ1n) is 11.5. The second-order valence-corrected chi connectivity index (χ2v) is 10.2. The summed E-state index contributed by atoms with van der Waals surface area (Å²) in [7, 11) is -0.375. The molecule has 4 rings (SSSR count). The Kier molecular flexibility index (Phi) is 8.49. The first kappa shape index (κ1) is 26.3. The van der Waals surface area contributed by atoms with Crippen LogP contribution < -0.4 is 10.3 Å². The number of ether oxygens (including phenoxy) is 3. The fourth-order valence-electron chi connectivity index (χ4n) is 3.53. The number of aromatic nitrogens is 3. The van der Waals surface area contributed by atoms with E-state index in [9.17, 15) is 13.2 Å². The molecule has 0 fully saturated rings. The SMILES string of the molecule is COCCOc1cccc(Cn2cc(-c3noc(-c4ccc(S(=O)(=O)CCOC)cc4)n3)ccc2=O)c1. The molecule has 11 heteroatoms. The molecule has 2 aromatic carbocycles. The minimum atomic E-state index is -3.44. The molecule has 0 unspecified atom stereocenters. The summed E-state index contributed by atoms with van der Waals surface area (Å²) in [6, 6.07) is 16.8. The summed E-state index contributed by atoms with van der Waals surface area (Å²) in [6.07, 6.45) is 1.67. The van der Waals surface area contributed by atoms with E-state index in [1.165, 1.54) is 25.3 Å². The van der Waals surface area contributed by atoms with Crippen molar-refractivity contribution < 1.29 is 27.2 Å². The Labute approximate surface area is 214 Å². The van der Waals surface area contributed by atoms with Crippen molar-refractivity contribution in [3.63, 3.8) is 0 Å². The van der Waals surface area contributed by atoms with Crippen molar-refractivity contribution in [3.05, 3.63) is 82.8 Å². The molecule has 0 aliphatic heterocycles. The Morgan fingerprint density at radius 2 is 1.68 bits per heavy atom. The van der Waals surface area contributed by atoms with Crippen LogP contribution in [0.3, 0.4) is 0 Å². The van der Waals surface area contributed by atoms with E-state index in [0.717, 1.165) is 5.56 Å². The third-order valence-corrected chi connectivity index (χ3v) is 7.19. The Balaban J connectivity index is 1.51. The van der Waals surface area contributed by atoms with Gasteiger partial charge in [-0.15, -0.1) is 0 Å². The maximum absolute atomic E-state index is 12.5. The van der Waals surface area contributed by atoms with Gasteiger partial charge in [-0.2, -0.15) is 4.98 Å². The monoisotopic (exact) mass is 525 g/mol. The zero-order valence-corrected chi connectivity index (χ0v) is 21.3. The molecule has 2 aromatic heterocycles. The van der Waals surface area contributed by atoms with E-state index < -0.39 is 9.84 Å². The Morgan fingerprint density at radius 1 is 0.919 bits per heavy atom. The molecule has 2 heterocycles. The van der Waals surface area contributed by atoms with Crippen LogP contribution in [0, 0.1) is 0 Å². The molecule has 0 atom stereocenters. The van der Waals surface area contributed by atoms with Gasteiger partial charge in [0.25, 0.3) is 11.4 Å². The average Bonchev–Trinajstić information content (AvgIpc) is 3.40. The fourth-order valence-corrected chi connectivity index (χ4v) is 4.71. The molecule has 10 nitrogen and oxygen atoms in total. The number of sulfone groups is 1. The van der Waals surface area contributed by atoms with E-state index in [4.69, 9.17) is 18.7 Å². The highest BCUT2D eigenvalue weighted by molar-refractivity contribution is 7.91. The predicted molar refractivity (Wildman–Crippen MR) is 136 cm³/mol. The third-order valence-electron chi connectivity index (χ3n) is 5.49. The van der Waals surface area contributed by atoms with Gasteiger partial charge in [0.2, 0.25) is 5.82 Å². The van der Waals surface area contributed by atoms with Crippen molar-refractivity contribution in [2.45, 2.75) is 11.4 Å². The molecule has 0 bridgehead atoms. The van der Waals surface area contributed by atoms with Crippen LogP contribution in [-0.4, -0.2) is 62.9 Å². The van der Waals surface area contributed by atoms with Gasteiger partial charge in [-0.25, -0.2) is 8.42 Å². The van der Waals surface area contributed by atoms with Crippen LogP contribution in [0.25, 0.3) is 22.8 Å². The van der Waals surface area contributed by atoms with Gasteiger partial charge in [-0.1, -0.05) is 17.3 Å². The number of hydrogen-bond acceptors (Lipinski definition) is 9. The molecule has 0 aliphatic rings. The minimum absolute atomic E-state index is 0.103. The van der Waals surface area contributed by atoms with Crippen molar-refractivity contribution in [3.8, 4) is 28.6 Å². The smallest absolute Gasteiger partial charge is 0.258 e. The maximum atomic E-state index is 12.5. The van der Waals surface area contributed by atoms with Gasteiger partial charge in [0.15, 0.2) is 9.84 Å². The molecule has 37 heavy (non-hydrogen) atoms. The highest BCUT2D eigenvalue weighted by Gasteiger charge is 2.16. The second kappa shape index (κ2) is 12.0. The van der Waals surface area contributed by atoms with Gasteiger partial charge in [-0.05, 0) is 48.0 Å². The first-order valence-corrected chi connectivity index (χ1v) is 13.1. The Morgan fingerprint density at radius 3 is 2.43 bits per heavy atom. The molecule has 0 spiro atoms. The zero-order chi connectivity index (χ0) is 26.3. The third kappa shape index (κ3) is 6.70. The van der Waals surface area contributed by atoms with Crippen molar-refractivity contribution in [2.75, 3.05) is 39.8 Å². The maximum Gasteiger partial charge on any atom is 0.258 e. The van der Waals surface area contributed by atoms with Crippen LogP contribution in [0.5, 0.6) is 5.75 Å². The van der Waals surface area contributed by atoms with Crippen molar-refractivity contribution in [1.82, 2.24) is 14.7 Å². The van der Waals surface area contributed by atoms with E-state index in [2.05, 4.69) is 10.1 Å². The lowest BCUT2D eigenvalue weighted by Crippen LogP contribution is -2.19. The number of rotatable bonds is 12. The van der Waals surface area contributed by atoms with E-state index in [-0.39, 0.29) is 28.7 Å². The summed E-state index contributed by atoms with van der Waals surface area (Å²) >= 11 is 0. The van der Waals surface area contributed by atoms with E-state index in [1.54, 1.807) is 36.1 Å². The van der Waals surface area contributed by atoms with Crippen LogP contribution in [0.1, 0.15) is 5.56 Å². The van der Waals surface area contributed by atoms with Gasteiger partial charge in [-0.3, -0.25) is 4.79 Å². The summed E-state index contributed by atoms with van der Waals surface area (Å²) in [6.45, 7) is 1.36. The van der Waals surface area contributed by atoms with E-state index in [0.29, 0.717) is 42.5 Å². The van der Waals surface area contributed by atoms with Crippen LogP contribution in [-0.2, 0) is 25.9 Å². The van der Waals surface area contributed by atoms with Crippen molar-refractivity contribution in [1.29, 1.82) is 0 Å². The molecule has 0 N–H and O–H groups in total. The molecular formula is C26H27N3O7S. The molecular weight excluding hydrogens is 498 g/mol. The van der Waals surface area contributed by atoms with E-state index >= 15 is 0 Å². The van der Waals surface area contributed by atoms with Crippen LogP contribution in [0.4, 0.5) is 0 Å². The summed E-state index contributed by atoms with van der Waals surface area (Å²) in [5.41, 5.74) is 1.89. The molecule has 0 saturated heterocycles. The van der Waals surface area contributed by atoms with Gasteiger partial charge < -0.3 is 23.3 Å². The van der Waals surface area contributed by atoms with E-state index in [1.807, 2.05) is 24.3 Å². The van der Waals surface area contributed by atoms with Crippen molar-refractivity contribution in [2.24, 2.45) is 0 Å². The molecule has 4 aromatic rings. The predicted octanol–water partition coefficient (Wildman–Crippen LogP) is 3.06. The fraction of sp³-hybridized carbons (Fsp3) is 0.269. The van der Waals surface area contributed by atoms with Crippen LogP contribution >= 0.6 is 0 Å². The average molecular weight is 526 g/mol. The van der Waals surface area contributed by atoms with Crippen LogP contribution in [0.15, 0.2) is 81.1 Å². The normalized spacial score (nSPS) is 11.5. The topological polar surface area (TPSA) is 123 Å². The number of benzene rings is 2. The largest absolute Gasteiger partial charge is 0.491 e. The van der Waals surface area contributed by atoms with Gasteiger partial charge in [0.05, 0.1) is 30.4 Å². The number of nitrogens with zero attached hydrogens (tertiary/aromatic N) is 3. The second-order valence-electron chi connectivity index (χ2n) is 8.13. The van der Waals surface area contributed by atoms with Crippen molar-refractivity contribution >= 4 is 9.84 Å². The lowest BCUT2D eigenvalue weighted by molar-refractivity contribution is 0.146. The van der Waals surface area contributed by atoms with Crippen LogP contribution in [0.2, 0.25) is 0 Å². The summed E-state index contributed by atoms with van der Waals surface area (Å²) in [5.74, 6) is 1.12. The quantitative estimate of drug-likeness (QED) is 0.257. The lowest BCUT2D eigenvalue weighted by Gasteiger charge is -2.10.